The second-order valence-corrected chi connectivity index (χ2v) is 4.15. The molecule has 1 heterocycles. The summed E-state index contributed by atoms with van der Waals surface area (Å²) in [5.74, 6) is 0.384. The van der Waals surface area contributed by atoms with Gasteiger partial charge in [-0.3, -0.25) is 0 Å². The highest BCUT2D eigenvalue weighted by Gasteiger charge is 2.07. The van der Waals surface area contributed by atoms with Gasteiger partial charge < -0.3 is 10.3 Å². The fourth-order valence-electron chi connectivity index (χ4n) is 1.46. The van der Waals surface area contributed by atoms with Crippen LogP contribution in [0.5, 0.6) is 0 Å². The molecular formula is C11H9BrN4. The highest BCUT2D eigenvalue weighted by molar-refractivity contribution is 9.10. The van der Waals surface area contributed by atoms with E-state index in [1.165, 1.54) is 0 Å². The van der Waals surface area contributed by atoms with E-state index in [4.69, 9.17) is 11.0 Å². The van der Waals surface area contributed by atoms with Gasteiger partial charge in [0.1, 0.15) is 6.07 Å². The van der Waals surface area contributed by atoms with Gasteiger partial charge in [-0.25, -0.2) is 4.98 Å². The molecule has 2 aromatic rings. The number of nitrogens with two attached hydrogens (primary N) is 1. The number of halogens is 1. The summed E-state index contributed by atoms with van der Waals surface area (Å²) in [7, 11) is 0. The lowest BCUT2D eigenvalue weighted by molar-refractivity contribution is 0.781. The summed E-state index contributed by atoms with van der Waals surface area (Å²) in [5.41, 5.74) is 7.54. The Kier molecular flexibility index (Phi) is 2.93. The van der Waals surface area contributed by atoms with Crippen LogP contribution in [0.1, 0.15) is 11.4 Å². The Hall–Kier alpha value is -1.80. The van der Waals surface area contributed by atoms with Crippen molar-refractivity contribution >= 4 is 21.6 Å². The number of anilines is 1. The zero-order valence-electron chi connectivity index (χ0n) is 8.39. The molecule has 0 fully saturated rings. The third-order valence-corrected chi connectivity index (χ3v) is 3.04. The van der Waals surface area contributed by atoms with Crippen LogP contribution in [-0.4, -0.2) is 9.55 Å². The van der Waals surface area contributed by atoms with E-state index in [1.54, 1.807) is 17.0 Å². The molecule has 2 rings (SSSR count). The van der Waals surface area contributed by atoms with Gasteiger partial charge >= 0.3 is 0 Å². The SMILES string of the molecule is N#Cc1nccn1Cc1c(N)cccc1Br. The molecule has 16 heavy (non-hydrogen) atoms. The number of rotatable bonds is 2. The van der Waals surface area contributed by atoms with E-state index in [-0.39, 0.29) is 0 Å². The normalized spacial score (nSPS) is 10.0. The minimum atomic E-state index is 0.384. The summed E-state index contributed by atoms with van der Waals surface area (Å²) in [4.78, 5) is 3.94. The van der Waals surface area contributed by atoms with Crippen LogP contribution in [0.25, 0.3) is 0 Å². The predicted octanol–water partition coefficient (Wildman–Crippen LogP) is 2.15. The van der Waals surface area contributed by atoms with E-state index in [0.29, 0.717) is 18.1 Å². The topological polar surface area (TPSA) is 67.6 Å². The van der Waals surface area contributed by atoms with E-state index in [2.05, 4.69) is 20.9 Å². The second-order valence-electron chi connectivity index (χ2n) is 3.30. The number of benzene rings is 1. The van der Waals surface area contributed by atoms with Crippen LogP contribution in [0.3, 0.4) is 0 Å². The summed E-state index contributed by atoms with van der Waals surface area (Å²) < 4.78 is 2.70. The van der Waals surface area contributed by atoms with Gasteiger partial charge in [0.2, 0.25) is 5.82 Å². The van der Waals surface area contributed by atoms with Gasteiger partial charge in [-0.1, -0.05) is 22.0 Å². The van der Waals surface area contributed by atoms with Gasteiger partial charge in [0.25, 0.3) is 0 Å². The van der Waals surface area contributed by atoms with Crippen LogP contribution < -0.4 is 5.73 Å². The Morgan fingerprint density at radius 3 is 3.00 bits per heavy atom. The van der Waals surface area contributed by atoms with Crippen molar-refractivity contribution in [2.75, 3.05) is 5.73 Å². The van der Waals surface area contributed by atoms with E-state index in [0.717, 1.165) is 10.0 Å². The number of nitriles is 1. The first-order valence-corrected chi connectivity index (χ1v) is 5.46. The van der Waals surface area contributed by atoms with Crippen molar-refractivity contribution in [3.8, 4) is 6.07 Å². The molecule has 0 saturated heterocycles. The highest BCUT2D eigenvalue weighted by Crippen LogP contribution is 2.23. The fraction of sp³-hybridized carbons (Fsp3) is 0.0909. The van der Waals surface area contributed by atoms with Crippen LogP contribution in [0.15, 0.2) is 35.1 Å². The lowest BCUT2D eigenvalue weighted by Crippen LogP contribution is -2.05. The number of aromatic nitrogens is 2. The van der Waals surface area contributed by atoms with Gasteiger partial charge in [0.15, 0.2) is 0 Å². The maximum absolute atomic E-state index is 8.85. The molecule has 5 heteroatoms. The molecule has 0 aliphatic heterocycles. The minimum absolute atomic E-state index is 0.384. The summed E-state index contributed by atoms with van der Waals surface area (Å²) in [6.07, 6.45) is 3.36. The molecule has 0 aliphatic rings. The summed E-state index contributed by atoms with van der Waals surface area (Å²) in [5, 5.41) is 8.85. The molecule has 4 nitrogen and oxygen atoms in total. The van der Waals surface area contributed by atoms with Gasteiger partial charge in [-0.05, 0) is 12.1 Å². The minimum Gasteiger partial charge on any atom is -0.398 e. The first-order chi connectivity index (χ1) is 7.72. The maximum atomic E-state index is 8.85. The van der Waals surface area contributed by atoms with Gasteiger partial charge in [0, 0.05) is 28.1 Å². The summed E-state index contributed by atoms with van der Waals surface area (Å²) in [6, 6.07) is 7.67. The molecule has 0 spiro atoms. The van der Waals surface area contributed by atoms with Gasteiger partial charge in [-0.15, -0.1) is 0 Å². The molecule has 2 N–H and O–H groups in total. The lowest BCUT2D eigenvalue weighted by Gasteiger charge is -2.09. The first-order valence-electron chi connectivity index (χ1n) is 4.66. The molecule has 80 valence electrons. The standard InChI is InChI=1S/C11H9BrN4/c12-9-2-1-3-10(14)8(9)7-16-5-4-15-11(16)6-13/h1-5H,7,14H2. The van der Waals surface area contributed by atoms with Crippen molar-refractivity contribution in [2.24, 2.45) is 0 Å². The molecule has 0 saturated carbocycles. The molecular weight excluding hydrogens is 268 g/mol. The molecule has 1 aromatic carbocycles. The molecule has 0 bridgehead atoms. The number of imidazole rings is 1. The molecule has 0 unspecified atom stereocenters. The molecule has 0 atom stereocenters. The van der Waals surface area contributed by atoms with Crippen molar-refractivity contribution in [3.63, 3.8) is 0 Å². The van der Waals surface area contributed by atoms with E-state index >= 15 is 0 Å². The van der Waals surface area contributed by atoms with Crippen LogP contribution in [0.2, 0.25) is 0 Å². The maximum Gasteiger partial charge on any atom is 0.213 e. The largest absolute Gasteiger partial charge is 0.398 e. The van der Waals surface area contributed by atoms with Crippen LogP contribution in [0.4, 0.5) is 5.69 Å². The summed E-state index contributed by atoms with van der Waals surface area (Å²) in [6.45, 7) is 0.538. The van der Waals surface area contributed by atoms with Crippen molar-refractivity contribution in [3.05, 3.63) is 46.5 Å². The van der Waals surface area contributed by atoms with Gasteiger partial charge in [-0.2, -0.15) is 5.26 Å². The first kappa shape index (κ1) is 10.7. The average Bonchev–Trinajstić information content (AvgIpc) is 2.71. The number of nitrogen functional groups attached to an aromatic ring is 1. The number of nitrogens with zero attached hydrogens (tertiary/aromatic N) is 3. The lowest BCUT2D eigenvalue weighted by atomic mass is 10.2. The highest BCUT2D eigenvalue weighted by atomic mass is 79.9. The summed E-state index contributed by atoms with van der Waals surface area (Å²) >= 11 is 3.44. The van der Waals surface area contributed by atoms with Crippen molar-refractivity contribution in [1.82, 2.24) is 9.55 Å². The Labute approximate surface area is 101 Å². The molecule has 0 aliphatic carbocycles. The van der Waals surface area contributed by atoms with E-state index < -0.39 is 0 Å². The Bertz CT molecular complexity index is 533. The van der Waals surface area contributed by atoms with Crippen LogP contribution in [0, 0.1) is 11.3 Å². The molecule has 1 aromatic heterocycles. The fourth-order valence-corrected chi connectivity index (χ4v) is 1.97. The Morgan fingerprint density at radius 1 is 1.50 bits per heavy atom. The van der Waals surface area contributed by atoms with Crippen LogP contribution >= 0.6 is 15.9 Å². The monoisotopic (exact) mass is 276 g/mol. The molecule has 0 amide bonds. The number of hydrogen-bond donors (Lipinski definition) is 1. The Balaban J connectivity index is 2.38. The van der Waals surface area contributed by atoms with Crippen molar-refractivity contribution in [1.29, 1.82) is 5.26 Å². The van der Waals surface area contributed by atoms with Gasteiger partial charge in [0.05, 0.1) is 6.54 Å². The third-order valence-electron chi connectivity index (χ3n) is 2.30. The third kappa shape index (κ3) is 1.92. The van der Waals surface area contributed by atoms with E-state index in [9.17, 15) is 0 Å². The predicted molar refractivity (Wildman–Crippen MR) is 64.6 cm³/mol. The number of hydrogen-bond acceptors (Lipinski definition) is 3. The van der Waals surface area contributed by atoms with Crippen LogP contribution in [-0.2, 0) is 6.54 Å². The molecule has 0 radical (unpaired) electrons. The average molecular weight is 277 g/mol. The zero-order valence-corrected chi connectivity index (χ0v) is 9.98. The van der Waals surface area contributed by atoms with Crippen molar-refractivity contribution < 1.29 is 0 Å². The smallest absolute Gasteiger partial charge is 0.213 e. The Morgan fingerprint density at radius 2 is 2.31 bits per heavy atom. The van der Waals surface area contributed by atoms with E-state index in [1.807, 2.05) is 24.3 Å². The zero-order chi connectivity index (χ0) is 11.5. The van der Waals surface area contributed by atoms with Crippen molar-refractivity contribution in [2.45, 2.75) is 6.54 Å². The second kappa shape index (κ2) is 4.37. The quantitative estimate of drug-likeness (QED) is 0.855.